The monoisotopic (exact) mass is 469 g/mol. The summed E-state index contributed by atoms with van der Waals surface area (Å²) in [7, 11) is 0. The highest BCUT2D eigenvalue weighted by Gasteiger charge is 2.65. The van der Waals surface area contributed by atoms with Crippen LogP contribution in [0.25, 0.3) is 0 Å². The standard InChI is InChI=1S/C21H23F4N5O3/c22-16(23)18(28)33-17(27)9-4-11-13(29-6-9)7-30(19(11)32)14-3-1-2-10(15(14)26)12-5-21(12,8-31)20(24)25/h4,6,8,10,12,14-16,20,27-28H,1-3,5,7,26H2/t10?,12?,14?,15-,21?/m1/s1. The van der Waals surface area contributed by atoms with Gasteiger partial charge in [0.1, 0.15) is 6.29 Å². The van der Waals surface area contributed by atoms with Crippen LogP contribution in [0, 0.1) is 28.1 Å². The zero-order valence-corrected chi connectivity index (χ0v) is 17.4. The fourth-order valence-corrected chi connectivity index (χ4v) is 5.17. The summed E-state index contributed by atoms with van der Waals surface area (Å²) < 4.78 is 56.4. The number of amides is 1. The molecule has 0 spiro atoms. The predicted octanol–water partition coefficient (Wildman–Crippen LogP) is 2.59. The Labute approximate surface area is 186 Å². The number of aldehydes is 1. The number of nitrogens with one attached hydrogen (secondary N) is 2. The highest BCUT2D eigenvalue weighted by atomic mass is 19.3. The van der Waals surface area contributed by atoms with Crippen molar-refractivity contribution < 1.29 is 31.9 Å². The van der Waals surface area contributed by atoms with Crippen LogP contribution in [0.1, 0.15) is 47.3 Å². The van der Waals surface area contributed by atoms with E-state index in [1.54, 1.807) is 0 Å². The van der Waals surface area contributed by atoms with Crippen molar-refractivity contribution >= 4 is 24.0 Å². The van der Waals surface area contributed by atoms with Gasteiger partial charge >= 0.3 is 6.43 Å². The molecule has 4 rings (SSSR count). The van der Waals surface area contributed by atoms with Crippen LogP contribution in [-0.2, 0) is 16.1 Å². The quantitative estimate of drug-likeness (QED) is 0.255. The lowest BCUT2D eigenvalue weighted by molar-refractivity contribution is -0.118. The normalized spacial score (nSPS) is 31.0. The maximum absolute atomic E-state index is 13.4. The number of hydrogen-bond acceptors (Lipinski definition) is 7. The third-order valence-electron chi connectivity index (χ3n) is 7.08. The number of fused-ring (bicyclic) bond motifs is 1. The summed E-state index contributed by atoms with van der Waals surface area (Å²) in [4.78, 5) is 30.1. The molecular formula is C21H23F4N5O3. The number of nitrogens with zero attached hydrogens (tertiary/aromatic N) is 2. The van der Waals surface area contributed by atoms with E-state index in [0.29, 0.717) is 31.2 Å². The van der Waals surface area contributed by atoms with Gasteiger partial charge in [-0.05, 0) is 37.2 Å². The molecule has 33 heavy (non-hydrogen) atoms. The lowest BCUT2D eigenvalue weighted by atomic mass is 9.76. The summed E-state index contributed by atoms with van der Waals surface area (Å²) in [6, 6.07) is 0.279. The first kappa shape index (κ1) is 23.3. The fraction of sp³-hybridized carbons (Fsp3) is 0.571. The molecule has 0 saturated heterocycles. The number of ether oxygens (including phenoxy) is 1. The van der Waals surface area contributed by atoms with Gasteiger partial charge in [0.15, 0.2) is 0 Å². The molecule has 1 amide bonds. The summed E-state index contributed by atoms with van der Waals surface area (Å²) in [6.45, 7) is 0.138. The highest BCUT2D eigenvalue weighted by molar-refractivity contribution is 6.03. The maximum atomic E-state index is 13.4. The van der Waals surface area contributed by atoms with Crippen LogP contribution >= 0.6 is 0 Å². The number of carbonyl (C=O) groups excluding carboxylic acids is 2. The van der Waals surface area contributed by atoms with Gasteiger partial charge in [-0.1, -0.05) is 6.42 Å². The van der Waals surface area contributed by atoms with E-state index < -0.39 is 54.0 Å². The molecule has 0 aromatic carbocycles. The van der Waals surface area contributed by atoms with Crippen LogP contribution < -0.4 is 5.73 Å². The van der Waals surface area contributed by atoms with Gasteiger partial charge in [0.25, 0.3) is 18.2 Å². The molecule has 3 aliphatic rings. The molecule has 2 heterocycles. The minimum absolute atomic E-state index is 0.0363. The summed E-state index contributed by atoms with van der Waals surface area (Å²) in [5.41, 5.74) is 5.35. The highest BCUT2D eigenvalue weighted by Crippen LogP contribution is 2.61. The van der Waals surface area contributed by atoms with Gasteiger partial charge in [-0.15, -0.1) is 0 Å². The van der Waals surface area contributed by atoms with Gasteiger partial charge < -0.3 is 20.2 Å². The number of halogens is 4. The first-order valence-electron chi connectivity index (χ1n) is 10.5. The average Bonchev–Trinajstić information content (AvgIpc) is 3.45. The molecule has 1 aliphatic heterocycles. The van der Waals surface area contributed by atoms with Crippen LogP contribution in [-0.4, -0.2) is 58.8 Å². The van der Waals surface area contributed by atoms with Crippen molar-refractivity contribution in [3.8, 4) is 0 Å². The van der Waals surface area contributed by atoms with E-state index >= 15 is 0 Å². The van der Waals surface area contributed by atoms with Crippen LogP contribution in [0.4, 0.5) is 17.6 Å². The second-order valence-electron chi connectivity index (χ2n) is 8.83. The van der Waals surface area contributed by atoms with Crippen LogP contribution in [0.5, 0.6) is 0 Å². The van der Waals surface area contributed by atoms with Crippen molar-refractivity contribution in [1.82, 2.24) is 9.88 Å². The van der Waals surface area contributed by atoms with Crippen molar-refractivity contribution in [2.45, 2.75) is 57.2 Å². The van der Waals surface area contributed by atoms with Gasteiger partial charge in [-0.3, -0.25) is 20.6 Å². The summed E-state index contributed by atoms with van der Waals surface area (Å²) in [5.74, 6) is -3.36. The van der Waals surface area contributed by atoms with Gasteiger partial charge in [-0.2, -0.15) is 8.78 Å². The van der Waals surface area contributed by atoms with Gasteiger partial charge in [0.05, 0.1) is 28.8 Å². The third kappa shape index (κ3) is 3.90. The molecule has 178 valence electrons. The number of nitrogens with two attached hydrogens (primary N) is 1. The number of hydrogen-bond donors (Lipinski definition) is 3. The molecule has 1 aromatic rings. The Hall–Kier alpha value is -2.89. The minimum Gasteiger partial charge on any atom is -0.419 e. The van der Waals surface area contributed by atoms with E-state index in [-0.39, 0.29) is 30.0 Å². The predicted molar refractivity (Wildman–Crippen MR) is 107 cm³/mol. The van der Waals surface area contributed by atoms with E-state index in [0.717, 1.165) is 0 Å². The Bertz CT molecular complexity index is 1010. The Morgan fingerprint density at radius 2 is 2.03 bits per heavy atom. The zero-order valence-electron chi connectivity index (χ0n) is 17.4. The van der Waals surface area contributed by atoms with E-state index in [1.165, 1.54) is 17.2 Å². The Balaban J connectivity index is 1.49. The van der Waals surface area contributed by atoms with Crippen molar-refractivity contribution in [2.24, 2.45) is 23.0 Å². The molecular weight excluding hydrogens is 446 g/mol. The van der Waals surface area contributed by atoms with Gasteiger partial charge in [0, 0.05) is 18.3 Å². The van der Waals surface area contributed by atoms with Crippen LogP contribution in [0.15, 0.2) is 12.3 Å². The molecule has 0 radical (unpaired) electrons. The van der Waals surface area contributed by atoms with Crippen molar-refractivity contribution in [1.29, 1.82) is 10.8 Å². The van der Waals surface area contributed by atoms with E-state index in [1.807, 2.05) is 0 Å². The number of pyridine rings is 1. The minimum atomic E-state index is -3.18. The lowest BCUT2D eigenvalue weighted by Crippen LogP contribution is -2.54. The van der Waals surface area contributed by atoms with Gasteiger partial charge in [0.2, 0.25) is 5.90 Å². The molecule has 4 unspecified atom stereocenters. The first-order valence-corrected chi connectivity index (χ1v) is 10.5. The Morgan fingerprint density at radius 1 is 1.30 bits per heavy atom. The maximum Gasteiger partial charge on any atom is 0.312 e. The second-order valence-corrected chi connectivity index (χ2v) is 8.83. The first-order chi connectivity index (χ1) is 15.6. The van der Waals surface area contributed by atoms with E-state index in [9.17, 15) is 27.2 Å². The van der Waals surface area contributed by atoms with Crippen LogP contribution in [0.3, 0.4) is 0 Å². The molecule has 2 aliphatic carbocycles. The number of rotatable bonds is 6. The van der Waals surface area contributed by atoms with E-state index in [2.05, 4.69) is 9.72 Å². The molecule has 1 aromatic heterocycles. The lowest BCUT2D eigenvalue weighted by Gasteiger charge is -2.41. The topological polar surface area (TPSA) is 133 Å². The molecule has 5 atom stereocenters. The number of carbonyl (C=O) groups is 2. The summed E-state index contributed by atoms with van der Waals surface area (Å²) in [5, 5.41) is 14.8. The molecule has 4 N–H and O–H groups in total. The third-order valence-corrected chi connectivity index (χ3v) is 7.08. The molecule has 2 fully saturated rings. The molecule has 8 nitrogen and oxygen atoms in total. The number of aromatic nitrogens is 1. The average molecular weight is 469 g/mol. The van der Waals surface area contributed by atoms with Crippen molar-refractivity contribution in [3.05, 3.63) is 29.1 Å². The summed E-state index contributed by atoms with van der Waals surface area (Å²) >= 11 is 0. The molecule has 12 heteroatoms. The summed E-state index contributed by atoms with van der Waals surface area (Å²) in [6.07, 6.45) is -2.45. The largest absolute Gasteiger partial charge is 0.419 e. The molecule has 2 saturated carbocycles. The zero-order chi connectivity index (χ0) is 24.1. The fourth-order valence-electron chi connectivity index (χ4n) is 5.17. The SMILES string of the molecule is N=C(OC(=N)C(F)F)c1cnc2c(c1)C(=O)N(C1CCCC(C3CC3(C=O)C(F)F)[C@H]1N)C2. The van der Waals surface area contributed by atoms with Gasteiger partial charge in [-0.25, -0.2) is 8.78 Å². The van der Waals surface area contributed by atoms with Crippen LogP contribution in [0.2, 0.25) is 0 Å². The van der Waals surface area contributed by atoms with E-state index in [4.69, 9.17) is 16.6 Å². The van der Waals surface area contributed by atoms with Crippen molar-refractivity contribution in [2.75, 3.05) is 0 Å². The Kier molecular flexibility index (Phi) is 5.97. The number of alkyl halides is 4. The Morgan fingerprint density at radius 3 is 2.64 bits per heavy atom. The smallest absolute Gasteiger partial charge is 0.312 e. The van der Waals surface area contributed by atoms with Crippen molar-refractivity contribution in [3.63, 3.8) is 0 Å². The second kappa shape index (κ2) is 8.47. The molecule has 0 bridgehead atoms.